The maximum absolute atomic E-state index is 10.7. The zero-order valence-corrected chi connectivity index (χ0v) is 7.30. The molecule has 0 atom stereocenters. The number of rotatable bonds is 4. The Balaban J connectivity index is 3.81. The molecule has 10 heavy (non-hydrogen) atoms. The number of hydrogen-bond acceptors (Lipinski definition) is 2. The first-order valence-electron chi connectivity index (χ1n) is 2.78. The smallest absolute Gasteiger partial charge is 0.211 e. The summed E-state index contributed by atoms with van der Waals surface area (Å²) in [5.41, 5.74) is 0. The van der Waals surface area contributed by atoms with Gasteiger partial charge in [-0.25, -0.2) is 13.1 Å². The molecule has 0 amide bonds. The molecule has 0 aromatic carbocycles. The van der Waals surface area contributed by atoms with Crippen molar-refractivity contribution in [3.05, 3.63) is 11.6 Å². The fourth-order valence-corrected chi connectivity index (χ4v) is 1.03. The predicted molar refractivity (Wildman–Crippen MR) is 42.5 cm³/mol. The molecular formula is C5H10ClNO2S. The number of halogens is 1. The van der Waals surface area contributed by atoms with Crippen LogP contribution in [-0.2, 0) is 10.0 Å². The van der Waals surface area contributed by atoms with Crippen LogP contribution in [0.1, 0.15) is 6.92 Å². The van der Waals surface area contributed by atoms with E-state index in [1.54, 1.807) is 6.92 Å². The van der Waals surface area contributed by atoms with Gasteiger partial charge in [-0.2, -0.15) is 0 Å². The average molecular weight is 184 g/mol. The summed E-state index contributed by atoms with van der Waals surface area (Å²) in [6.45, 7) is 4.99. The van der Waals surface area contributed by atoms with Crippen LogP contribution in [-0.4, -0.2) is 20.7 Å². The van der Waals surface area contributed by atoms with Gasteiger partial charge >= 0.3 is 0 Å². The van der Waals surface area contributed by atoms with E-state index in [1.165, 1.54) is 0 Å². The van der Waals surface area contributed by atoms with Crippen molar-refractivity contribution in [2.45, 2.75) is 6.92 Å². The van der Waals surface area contributed by atoms with Gasteiger partial charge in [-0.3, -0.25) is 0 Å². The van der Waals surface area contributed by atoms with E-state index in [9.17, 15) is 8.42 Å². The highest BCUT2D eigenvalue weighted by Gasteiger charge is 2.04. The molecule has 0 heterocycles. The molecule has 5 heteroatoms. The highest BCUT2D eigenvalue weighted by molar-refractivity contribution is 7.89. The van der Waals surface area contributed by atoms with Gasteiger partial charge in [0.15, 0.2) is 0 Å². The highest BCUT2D eigenvalue weighted by atomic mass is 35.5. The van der Waals surface area contributed by atoms with E-state index in [0.29, 0.717) is 0 Å². The van der Waals surface area contributed by atoms with Gasteiger partial charge in [0.25, 0.3) is 0 Å². The second kappa shape index (κ2) is 3.95. The second-order valence-electron chi connectivity index (χ2n) is 1.74. The Morgan fingerprint density at radius 1 is 1.70 bits per heavy atom. The van der Waals surface area contributed by atoms with Crippen LogP contribution < -0.4 is 4.72 Å². The maximum atomic E-state index is 10.7. The molecule has 0 saturated heterocycles. The van der Waals surface area contributed by atoms with Crippen molar-refractivity contribution in [2.24, 2.45) is 0 Å². The first-order chi connectivity index (χ1) is 4.48. The van der Waals surface area contributed by atoms with Gasteiger partial charge in [0, 0.05) is 11.6 Å². The molecule has 0 radical (unpaired) electrons. The second-order valence-corrected chi connectivity index (χ2v) is 4.37. The molecule has 60 valence electrons. The molecule has 0 aliphatic rings. The molecular weight excluding hydrogens is 174 g/mol. The van der Waals surface area contributed by atoms with E-state index in [-0.39, 0.29) is 17.3 Å². The molecule has 0 saturated carbocycles. The average Bonchev–Trinajstić information content (AvgIpc) is 1.85. The van der Waals surface area contributed by atoms with Gasteiger partial charge in [0.2, 0.25) is 10.0 Å². The minimum atomic E-state index is -3.11. The molecule has 0 unspecified atom stereocenters. The zero-order chi connectivity index (χ0) is 8.20. The molecule has 0 aliphatic carbocycles. The first kappa shape index (κ1) is 9.94. The SMILES string of the molecule is C=C(Cl)CNS(=O)(=O)CC. The van der Waals surface area contributed by atoms with Crippen LogP contribution in [0.15, 0.2) is 11.6 Å². The lowest BCUT2D eigenvalue weighted by molar-refractivity contribution is 0.586. The molecule has 0 rings (SSSR count). The quantitative estimate of drug-likeness (QED) is 0.697. The van der Waals surface area contributed by atoms with Crippen molar-refractivity contribution < 1.29 is 8.42 Å². The van der Waals surface area contributed by atoms with E-state index in [4.69, 9.17) is 11.6 Å². The predicted octanol–water partition coefficient (Wildman–Crippen LogP) is 0.678. The summed E-state index contributed by atoms with van der Waals surface area (Å²) in [6, 6.07) is 0. The van der Waals surface area contributed by atoms with Crippen LogP contribution in [0.25, 0.3) is 0 Å². The van der Waals surface area contributed by atoms with Gasteiger partial charge in [-0.05, 0) is 6.92 Å². The summed E-state index contributed by atoms with van der Waals surface area (Å²) in [6.07, 6.45) is 0. The minimum Gasteiger partial charge on any atom is -0.212 e. The Morgan fingerprint density at radius 3 is 2.50 bits per heavy atom. The van der Waals surface area contributed by atoms with Crippen LogP contribution in [0.2, 0.25) is 0 Å². The monoisotopic (exact) mass is 183 g/mol. The topological polar surface area (TPSA) is 46.2 Å². The summed E-state index contributed by atoms with van der Waals surface area (Å²) < 4.78 is 23.6. The van der Waals surface area contributed by atoms with E-state index >= 15 is 0 Å². The van der Waals surface area contributed by atoms with E-state index in [1.807, 2.05) is 0 Å². The molecule has 0 fully saturated rings. The summed E-state index contributed by atoms with van der Waals surface area (Å²) >= 11 is 5.32. The van der Waals surface area contributed by atoms with E-state index in [0.717, 1.165) is 0 Å². The van der Waals surface area contributed by atoms with Crippen molar-refractivity contribution in [3.63, 3.8) is 0 Å². The van der Waals surface area contributed by atoms with E-state index in [2.05, 4.69) is 11.3 Å². The lowest BCUT2D eigenvalue weighted by atomic mass is 10.7. The number of hydrogen-bond donors (Lipinski definition) is 1. The fourth-order valence-electron chi connectivity index (χ4n) is 0.290. The zero-order valence-electron chi connectivity index (χ0n) is 5.72. The Morgan fingerprint density at radius 2 is 2.20 bits per heavy atom. The Hall–Kier alpha value is -0.0600. The summed E-state index contributed by atoms with van der Waals surface area (Å²) in [5, 5.41) is 0.289. The minimum absolute atomic E-state index is 0.0666. The molecule has 1 N–H and O–H groups in total. The summed E-state index contributed by atoms with van der Waals surface area (Å²) in [5.74, 6) is 0.0666. The van der Waals surface area contributed by atoms with Gasteiger partial charge < -0.3 is 0 Å². The van der Waals surface area contributed by atoms with Gasteiger partial charge in [0.05, 0.1) is 5.75 Å². The molecule has 3 nitrogen and oxygen atoms in total. The normalized spacial score (nSPS) is 11.4. The van der Waals surface area contributed by atoms with Crippen LogP contribution in [0.3, 0.4) is 0 Å². The molecule has 0 aromatic heterocycles. The largest absolute Gasteiger partial charge is 0.212 e. The summed E-state index contributed by atoms with van der Waals surface area (Å²) in [7, 11) is -3.11. The molecule has 0 spiro atoms. The Labute approximate surface area is 66.1 Å². The van der Waals surface area contributed by atoms with E-state index < -0.39 is 10.0 Å². The third-order valence-electron chi connectivity index (χ3n) is 0.864. The lowest BCUT2D eigenvalue weighted by Gasteiger charge is -2.00. The number of nitrogens with one attached hydrogen (secondary N) is 1. The Bertz CT molecular complexity index is 210. The Kier molecular flexibility index (Phi) is 3.93. The van der Waals surface area contributed by atoms with Gasteiger partial charge in [-0.15, -0.1) is 0 Å². The van der Waals surface area contributed by atoms with Gasteiger partial charge in [-0.1, -0.05) is 18.2 Å². The molecule has 0 bridgehead atoms. The fraction of sp³-hybridized carbons (Fsp3) is 0.600. The van der Waals surface area contributed by atoms with Crippen LogP contribution in [0.4, 0.5) is 0 Å². The third-order valence-corrected chi connectivity index (χ3v) is 2.34. The number of sulfonamides is 1. The van der Waals surface area contributed by atoms with Crippen molar-refractivity contribution in [1.82, 2.24) is 4.72 Å². The van der Waals surface area contributed by atoms with Crippen LogP contribution >= 0.6 is 11.6 Å². The van der Waals surface area contributed by atoms with Crippen molar-refractivity contribution in [2.75, 3.05) is 12.3 Å². The highest BCUT2D eigenvalue weighted by Crippen LogP contribution is 1.94. The van der Waals surface area contributed by atoms with Crippen LogP contribution in [0.5, 0.6) is 0 Å². The summed E-state index contributed by atoms with van der Waals surface area (Å²) in [4.78, 5) is 0. The van der Waals surface area contributed by atoms with Gasteiger partial charge in [0.1, 0.15) is 0 Å². The first-order valence-corrected chi connectivity index (χ1v) is 4.81. The standard InChI is InChI=1S/C5H10ClNO2S/c1-3-10(8,9)7-4-5(2)6/h7H,2-4H2,1H3. The van der Waals surface area contributed by atoms with Crippen LogP contribution in [0, 0.1) is 0 Å². The maximum Gasteiger partial charge on any atom is 0.211 e. The molecule has 0 aliphatic heterocycles. The van der Waals surface area contributed by atoms with Crippen molar-refractivity contribution in [3.8, 4) is 0 Å². The van der Waals surface area contributed by atoms with Crippen molar-refractivity contribution >= 4 is 21.6 Å². The van der Waals surface area contributed by atoms with Crippen molar-refractivity contribution in [1.29, 1.82) is 0 Å². The third kappa shape index (κ3) is 4.78. The lowest BCUT2D eigenvalue weighted by Crippen LogP contribution is -2.26. The molecule has 0 aromatic rings.